The lowest BCUT2D eigenvalue weighted by atomic mass is 10.1. The van der Waals surface area contributed by atoms with Crippen LogP contribution in [0.5, 0.6) is 0 Å². The summed E-state index contributed by atoms with van der Waals surface area (Å²) in [6, 6.07) is 0. The van der Waals surface area contributed by atoms with Crippen molar-refractivity contribution in [1.82, 2.24) is 0 Å². The van der Waals surface area contributed by atoms with Crippen molar-refractivity contribution >= 4 is 5.97 Å². The molecule has 4 nitrogen and oxygen atoms in total. The van der Waals surface area contributed by atoms with E-state index in [-0.39, 0.29) is 5.92 Å². The molecule has 0 amide bonds. The first-order chi connectivity index (χ1) is 6.59. The van der Waals surface area contributed by atoms with Gasteiger partial charge in [-0.15, -0.1) is 0 Å². The summed E-state index contributed by atoms with van der Waals surface area (Å²) < 4.78 is 10.4. The van der Waals surface area contributed by atoms with E-state index >= 15 is 0 Å². The van der Waals surface area contributed by atoms with Crippen LogP contribution in [0.25, 0.3) is 0 Å². The molecule has 0 bridgehead atoms. The van der Waals surface area contributed by atoms with Crippen LogP contribution in [0.2, 0.25) is 0 Å². The Morgan fingerprint density at radius 2 is 1.93 bits per heavy atom. The van der Waals surface area contributed by atoms with E-state index in [1.54, 1.807) is 0 Å². The summed E-state index contributed by atoms with van der Waals surface area (Å²) in [4.78, 5) is 10.7. The zero-order valence-electron chi connectivity index (χ0n) is 9.16. The Morgan fingerprint density at radius 3 is 2.36 bits per heavy atom. The molecule has 0 saturated carbocycles. The predicted molar refractivity (Wildman–Crippen MR) is 53.3 cm³/mol. The molecule has 0 aliphatic rings. The predicted octanol–water partition coefficient (Wildman–Crippen LogP) is 1.54. The average Bonchev–Trinajstić information content (AvgIpc) is 2.09. The maximum Gasteiger partial charge on any atom is 0.333 e. The molecule has 1 atom stereocenters. The van der Waals surface area contributed by atoms with Gasteiger partial charge in [0.25, 0.3) is 0 Å². The number of aliphatic carboxylic acids is 1. The first kappa shape index (κ1) is 13.4. The molecule has 0 rings (SSSR count). The first-order valence-electron chi connectivity index (χ1n) is 5.01. The number of carboxylic acids is 1. The van der Waals surface area contributed by atoms with Gasteiger partial charge in [-0.05, 0) is 12.3 Å². The minimum Gasteiger partial charge on any atom is -0.479 e. The summed E-state index contributed by atoms with van der Waals surface area (Å²) in [6.45, 7) is 7.18. The third-order valence-corrected chi connectivity index (χ3v) is 1.72. The van der Waals surface area contributed by atoms with Crippen LogP contribution in [0.3, 0.4) is 0 Å². The van der Waals surface area contributed by atoms with Crippen molar-refractivity contribution < 1.29 is 19.4 Å². The Kier molecular flexibility index (Phi) is 7.42. The van der Waals surface area contributed by atoms with E-state index in [9.17, 15) is 4.79 Å². The highest BCUT2D eigenvalue weighted by molar-refractivity contribution is 5.72. The minimum absolute atomic E-state index is 0.0151. The van der Waals surface area contributed by atoms with Crippen LogP contribution in [0, 0.1) is 5.92 Å². The second-order valence-electron chi connectivity index (χ2n) is 3.49. The van der Waals surface area contributed by atoms with Crippen molar-refractivity contribution in [3.05, 3.63) is 0 Å². The lowest BCUT2D eigenvalue weighted by Crippen LogP contribution is -2.30. The number of ether oxygens (including phenoxy) is 2. The van der Waals surface area contributed by atoms with E-state index in [0.29, 0.717) is 19.8 Å². The third kappa shape index (κ3) is 5.94. The van der Waals surface area contributed by atoms with Crippen LogP contribution < -0.4 is 0 Å². The largest absolute Gasteiger partial charge is 0.479 e. The Labute approximate surface area is 85.2 Å². The van der Waals surface area contributed by atoms with Gasteiger partial charge in [-0.3, -0.25) is 0 Å². The van der Waals surface area contributed by atoms with Crippen LogP contribution in [0.4, 0.5) is 0 Å². The molecule has 0 saturated heterocycles. The normalized spacial score (nSPS) is 13.1. The monoisotopic (exact) mass is 204 g/mol. The molecule has 0 spiro atoms. The number of carboxylic acid groups (broad SMARTS) is 1. The second kappa shape index (κ2) is 7.76. The second-order valence-corrected chi connectivity index (χ2v) is 3.49. The van der Waals surface area contributed by atoms with Crippen molar-refractivity contribution in [2.24, 2.45) is 5.92 Å². The van der Waals surface area contributed by atoms with E-state index in [0.717, 1.165) is 6.42 Å². The topological polar surface area (TPSA) is 55.8 Å². The molecular formula is C10H20O4. The molecule has 0 heterocycles. The Hall–Kier alpha value is -0.610. The maximum absolute atomic E-state index is 10.7. The molecule has 0 aliphatic heterocycles. The fraction of sp³-hybridized carbons (Fsp3) is 0.900. The fourth-order valence-corrected chi connectivity index (χ4v) is 1.03. The Balaban J connectivity index is 3.57. The molecule has 1 unspecified atom stereocenters. The summed E-state index contributed by atoms with van der Waals surface area (Å²) in [5.41, 5.74) is 0. The summed E-state index contributed by atoms with van der Waals surface area (Å²) in [5, 5.41) is 8.78. The molecule has 14 heavy (non-hydrogen) atoms. The molecule has 0 aliphatic carbocycles. The number of rotatable bonds is 8. The van der Waals surface area contributed by atoms with E-state index in [1.807, 2.05) is 20.8 Å². The molecule has 4 heteroatoms. The van der Waals surface area contributed by atoms with Gasteiger partial charge in [0.15, 0.2) is 6.10 Å². The molecule has 0 radical (unpaired) electrons. The lowest BCUT2D eigenvalue weighted by molar-refractivity contribution is -0.154. The molecular weight excluding hydrogens is 184 g/mol. The summed E-state index contributed by atoms with van der Waals surface area (Å²) in [7, 11) is 0. The van der Waals surface area contributed by atoms with Crippen LogP contribution in [-0.2, 0) is 14.3 Å². The van der Waals surface area contributed by atoms with Crippen molar-refractivity contribution in [2.75, 3.05) is 19.8 Å². The zero-order chi connectivity index (χ0) is 11.0. The van der Waals surface area contributed by atoms with Gasteiger partial charge in [-0.25, -0.2) is 4.79 Å². The maximum atomic E-state index is 10.7. The Morgan fingerprint density at radius 1 is 1.29 bits per heavy atom. The molecule has 84 valence electrons. The van der Waals surface area contributed by atoms with Gasteiger partial charge < -0.3 is 14.6 Å². The first-order valence-corrected chi connectivity index (χ1v) is 5.01. The van der Waals surface area contributed by atoms with Gasteiger partial charge in [0.05, 0.1) is 13.2 Å². The highest BCUT2D eigenvalue weighted by atomic mass is 16.5. The van der Waals surface area contributed by atoms with Crippen molar-refractivity contribution in [2.45, 2.75) is 33.3 Å². The summed E-state index contributed by atoms with van der Waals surface area (Å²) in [5.74, 6) is -0.922. The van der Waals surface area contributed by atoms with Crippen molar-refractivity contribution in [3.63, 3.8) is 0 Å². The van der Waals surface area contributed by atoms with Gasteiger partial charge in [-0.2, -0.15) is 0 Å². The highest BCUT2D eigenvalue weighted by Gasteiger charge is 2.21. The molecule has 0 fully saturated rings. The van der Waals surface area contributed by atoms with E-state index in [1.165, 1.54) is 0 Å². The molecule has 0 aromatic carbocycles. The van der Waals surface area contributed by atoms with Gasteiger partial charge in [-0.1, -0.05) is 20.8 Å². The fourth-order valence-electron chi connectivity index (χ4n) is 1.03. The van der Waals surface area contributed by atoms with Gasteiger partial charge in [0.2, 0.25) is 0 Å². The number of carbonyl (C=O) groups is 1. The van der Waals surface area contributed by atoms with Crippen LogP contribution in [0.1, 0.15) is 27.2 Å². The SMILES string of the molecule is CCCOCCOC(C(=O)O)C(C)C. The van der Waals surface area contributed by atoms with Crippen molar-refractivity contribution in [1.29, 1.82) is 0 Å². The Bertz CT molecular complexity index is 156. The van der Waals surface area contributed by atoms with Crippen molar-refractivity contribution in [3.8, 4) is 0 Å². The molecule has 0 aromatic heterocycles. The molecule has 0 aromatic rings. The minimum atomic E-state index is -0.907. The highest BCUT2D eigenvalue weighted by Crippen LogP contribution is 2.06. The summed E-state index contributed by atoms with van der Waals surface area (Å²) >= 11 is 0. The van der Waals surface area contributed by atoms with E-state index in [2.05, 4.69) is 0 Å². The zero-order valence-corrected chi connectivity index (χ0v) is 9.16. The average molecular weight is 204 g/mol. The van der Waals surface area contributed by atoms with Gasteiger partial charge >= 0.3 is 5.97 Å². The van der Waals surface area contributed by atoms with E-state index < -0.39 is 12.1 Å². The van der Waals surface area contributed by atoms with E-state index in [4.69, 9.17) is 14.6 Å². The third-order valence-electron chi connectivity index (χ3n) is 1.72. The smallest absolute Gasteiger partial charge is 0.333 e. The van der Waals surface area contributed by atoms with Gasteiger partial charge in [0, 0.05) is 6.61 Å². The van der Waals surface area contributed by atoms with Gasteiger partial charge in [0.1, 0.15) is 0 Å². The number of hydrogen-bond acceptors (Lipinski definition) is 3. The molecule has 1 N–H and O–H groups in total. The summed E-state index contributed by atoms with van der Waals surface area (Å²) in [6.07, 6.45) is 0.243. The quantitative estimate of drug-likeness (QED) is 0.609. The van der Waals surface area contributed by atoms with Crippen LogP contribution >= 0.6 is 0 Å². The van der Waals surface area contributed by atoms with Crippen LogP contribution in [-0.4, -0.2) is 37.0 Å². The lowest BCUT2D eigenvalue weighted by Gasteiger charge is -2.16. The standard InChI is InChI=1S/C10H20O4/c1-4-5-13-6-7-14-9(8(2)3)10(11)12/h8-9H,4-7H2,1-3H3,(H,11,12). The van der Waals surface area contributed by atoms with Crippen LogP contribution in [0.15, 0.2) is 0 Å². The number of hydrogen-bond donors (Lipinski definition) is 1.